The number of aliphatic carboxylic acids is 1. The van der Waals surface area contributed by atoms with Crippen LogP contribution in [0.15, 0.2) is 0 Å². The molecule has 3 nitrogen and oxygen atoms in total. The first kappa shape index (κ1) is 15.1. The van der Waals surface area contributed by atoms with E-state index in [1.54, 1.807) is 0 Å². The molecule has 0 aliphatic carbocycles. The van der Waals surface area contributed by atoms with Gasteiger partial charge >= 0.3 is 5.97 Å². The van der Waals surface area contributed by atoms with Gasteiger partial charge in [0.25, 0.3) is 0 Å². The fourth-order valence-corrected chi connectivity index (χ4v) is 1.63. The number of carbonyl (C=O) groups is 2. The van der Waals surface area contributed by atoms with Gasteiger partial charge in [-0.2, -0.15) is 0 Å². The molecule has 0 heterocycles. The van der Waals surface area contributed by atoms with E-state index in [0.717, 1.165) is 51.4 Å². The number of carboxylic acids is 1. The van der Waals surface area contributed by atoms with Crippen molar-refractivity contribution in [3.8, 4) is 0 Å². The van der Waals surface area contributed by atoms with Crippen LogP contribution in [0.4, 0.5) is 0 Å². The van der Waals surface area contributed by atoms with Crippen LogP contribution in [-0.2, 0) is 9.59 Å². The molecule has 0 spiro atoms. The summed E-state index contributed by atoms with van der Waals surface area (Å²) in [6, 6.07) is 0. The SMILES string of the molecule is CCCCC(=O)CCCCCCCC(=O)O. The Morgan fingerprint density at radius 2 is 1.31 bits per heavy atom. The highest BCUT2D eigenvalue weighted by Crippen LogP contribution is 2.09. The minimum Gasteiger partial charge on any atom is -0.481 e. The molecule has 0 rings (SSSR count). The Bertz CT molecular complexity index is 199. The molecule has 0 aliphatic heterocycles. The summed E-state index contributed by atoms with van der Waals surface area (Å²) in [7, 11) is 0. The number of carboxylic acid groups (broad SMARTS) is 1. The van der Waals surface area contributed by atoms with E-state index in [1.165, 1.54) is 0 Å². The highest BCUT2D eigenvalue weighted by molar-refractivity contribution is 5.78. The lowest BCUT2D eigenvalue weighted by Crippen LogP contribution is -1.97. The van der Waals surface area contributed by atoms with Crippen LogP contribution in [0.1, 0.15) is 71.1 Å². The van der Waals surface area contributed by atoms with E-state index < -0.39 is 5.97 Å². The molecule has 0 aromatic rings. The molecule has 0 saturated heterocycles. The highest BCUT2D eigenvalue weighted by Gasteiger charge is 2.01. The maximum atomic E-state index is 11.3. The molecule has 94 valence electrons. The Balaban J connectivity index is 3.14. The Kier molecular flexibility index (Phi) is 10.1. The van der Waals surface area contributed by atoms with Crippen molar-refractivity contribution in [3.05, 3.63) is 0 Å². The molecule has 0 saturated carbocycles. The van der Waals surface area contributed by atoms with E-state index in [4.69, 9.17) is 5.11 Å². The molecule has 0 fully saturated rings. The summed E-state index contributed by atoms with van der Waals surface area (Å²) in [4.78, 5) is 21.5. The van der Waals surface area contributed by atoms with E-state index in [1.807, 2.05) is 0 Å². The summed E-state index contributed by atoms with van der Waals surface area (Å²) >= 11 is 0. The largest absolute Gasteiger partial charge is 0.481 e. The summed E-state index contributed by atoms with van der Waals surface area (Å²) in [5.41, 5.74) is 0. The van der Waals surface area contributed by atoms with E-state index >= 15 is 0 Å². The summed E-state index contributed by atoms with van der Waals surface area (Å²) in [5, 5.41) is 8.43. The Morgan fingerprint density at radius 3 is 1.88 bits per heavy atom. The monoisotopic (exact) mass is 228 g/mol. The number of hydrogen-bond donors (Lipinski definition) is 1. The fraction of sp³-hybridized carbons (Fsp3) is 0.846. The first-order valence-electron chi connectivity index (χ1n) is 6.40. The summed E-state index contributed by atoms with van der Waals surface area (Å²) in [6.45, 7) is 2.09. The van der Waals surface area contributed by atoms with Crippen LogP contribution in [0, 0.1) is 0 Å². The predicted molar refractivity (Wildman–Crippen MR) is 64.5 cm³/mol. The van der Waals surface area contributed by atoms with Crippen molar-refractivity contribution in [2.24, 2.45) is 0 Å². The number of hydrogen-bond acceptors (Lipinski definition) is 2. The first-order chi connectivity index (χ1) is 7.66. The molecule has 0 aromatic carbocycles. The normalized spacial score (nSPS) is 10.3. The second kappa shape index (κ2) is 10.7. The second-order valence-electron chi connectivity index (χ2n) is 4.30. The van der Waals surface area contributed by atoms with Crippen LogP contribution >= 0.6 is 0 Å². The first-order valence-corrected chi connectivity index (χ1v) is 6.40. The summed E-state index contributed by atoms with van der Waals surface area (Å²) < 4.78 is 0. The molecule has 0 radical (unpaired) electrons. The van der Waals surface area contributed by atoms with E-state index in [2.05, 4.69) is 6.92 Å². The third-order valence-corrected chi connectivity index (χ3v) is 2.66. The quantitative estimate of drug-likeness (QED) is 0.550. The highest BCUT2D eigenvalue weighted by atomic mass is 16.4. The van der Waals surface area contributed by atoms with E-state index in [9.17, 15) is 9.59 Å². The van der Waals surface area contributed by atoms with Gasteiger partial charge in [0.15, 0.2) is 0 Å². The standard InChI is InChI=1S/C13H24O3/c1-2-3-9-12(14)10-7-5-4-6-8-11-13(15)16/h2-11H2,1H3,(H,15,16). The van der Waals surface area contributed by atoms with Gasteiger partial charge in [0, 0.05) is 19.3 Å². The topological polar surface area (TPSA) is 54.4 Å². The maximum absolute atomic E-state index is 11.3. The molecule has 0 aliphatic rings. The van der Waals surface area contributed by atoms with Gasteiger partial charge in [-0.15, -0.1) is 0 Å². The predicted octanol–water partition coefficient (Wildman–Crippen LogP) is 3.56. The minimum atomic E-state index is -0.713. The van der Waals surface area contributed by atoms with Gasteiger partial charge in [-0.25, -0.2) is 0 Å². The molecule has 0 bridgehead atoms. The zero-order valence-electron chi connectivity index (χ0n) is 10.3. The molecule has 0 amide bonds. The average molecular weight is 228 g/mol. The van der Waals surface area contributed by atoms with Crippen LogP contribution < -0.4 is 0 Å². The van der Waals surface area contributed by atoms with Crippen molar-refractivity contribution < 1.29 is 14.7 Å². The van der Waals surface area contributed by atoms with Gasteiger partial charge in [0.05, 0.1) is 0 Å². The zero-order chi connectivity index (χ0) is 12.2. The Morgan fingerprint density at radius 1 is 0.812 bits per heavy atom. The third kappa shape index (κ3) is 11.2. The summed E-state index contributed by atoms with van der Waals surface area (Å²) in [5.74, 6) is -0.331. The zero-order valence-corrected chi connectivity index (χ0v) is 10.3. The van der Waals surface area contributed by atoms with Crippen molar-refractivity contribution in [2.45, 2.75) is 71.1 Å². The Hall–Kier alpha value is -0.860. The molecule has 0 atom stereocenters. The molecular formula is C13H24O3. The van der Waals surface area contributed by atoms with Gasteiger partial charge in [0.2, 0.25) is 0 Å². The molecule has 1 N–H and O–H groups in total. The van der Waals surface area contributed by atoms with Crippen LogP contribution in [0.2, 0.25) is 0 Å². The van der Waals surface area contributed by atoms with Crippen molar-refractivity contribution in [2.75, 3.05) is 0 Å². The smallest absolute Gasteiger partial charge is 0.303 e. The van der Waals surface area contributed by atoms with Gasteiger partial charge < -0.3 is 5.11 Å². The second-order valence-corrected chi connectivity index (χ2v) is 4.30. The fourth-order valence-electron chi connectivity index (χ4n) is 1.63. The van der Waals surface area contributed by atoms with Crippen molar-refractivity contribution in [1.82, 2.24) is 0 Å². The molecule has 16 heavy (non-hydrogen) atoms. The minimum absolute atomic E-state index is 0.273. The summed E-state index contributed by atoms with van der Waals surface area (Å²) in [6.07, 6.45) is 8.61. The Labute approximate surface area is 98.2 Å². The lowest BCUT2D eigenvalue weighted by atomic mass is 10.0. The third-order valence-electron chi connectivity index (χ3n) is 2.66. The lowest BCUT2D eigenvalue weighted by molar-refractivity contribution is -0.137. The van der Waals surface area contributed by atoms with E-state index in [0.29, 0.717) is 12.2 Å². The van der Waals surface area contributed by atoms with E-state index in [-0.39, 0.29) is 6.42 Å². The number of ketones is 1. The number of carbonyl (C=O) groups excluding carboxylic acids is 1. The van der Waals surface area contributed by atoms with Gasteiger partial charge in [0.1, 0.15) is 5.78 Å². The molecule has 0 aromatic heterocycles. The lowest BCUT2D eigenvalue weighted by Gasteiger charge is -2.00. The van der Waals surface area contributed by atoms with Gasteiger partial charge in [-0.1, -0.05) is 32.6 Å². The maximum Gasteiger partial charge on any atom is 0.303 e. The number of Topliss-reactive ketones (excluding diaryl/α,β-unsaturated/α-hetero) is 1. The van der Waals surface area contributed by atoms with Crippen molar-refractivity contribution in [1.29, 1.82) is 0 Å². The van der Waals surface area contributed by atoms with Gasteiger partial charge in [-0.05, 0) is 19.3 Å². The number of unbranched alkanes of at least 4 members (excludes halogenated alkanes) is 5. The number of rotatable bonds is 11. The average Bonchev–Trinajstić information content (AvgIpc) is 2.24. The molecule has 3 heteroatoms. The van der Waals surface area contributed by atoms with Crippen molar-refractivity contribution >= 4 is 11.8 Å². The molecular weight excluding hydrogens is 204 g/mol. The van der Waals surface area contributed by atoms with Gasteiger partial charge in [-0.3, -0.25) is 9.59 Å². The van der Waals surface area contributed by atoms with Crippen LogP contribution in [-0.4, -0.2) is 16.9 Å². The molecule has 0 unspecified atom stereocenters. The van der Waals surface area contributed by atoms with Crippen LogP contribution in [0.5, 0.6) is 0 Å². The van der Waals surface area contributed by atoms with Crippen LogP contribution in [0.25, 0.3) is 0 Å². The van der Waals surface area contributed by atoms with Crippen LogP contribution in [0.3, 0.4) is 0 Å². The van der Waals surface area contributed by atoms with Crippen molar-refractivity contribution in [3.63, 3.8) is 0 Å².